The molecular weight excluding hydrogens is 249 g/mol. The summed E-state index contributed by atoms with van der Waals surface area (Å²) in [7, 11) is 0. The number of benzene rings is 1. The highest BCUT2D eigenvalue weighted by atomic mass is 19.1. The van der Waals surface area contributed by atoms with Crippen LogP contribution in [0, 0.1) is 11.7 Å². The maximum absolute atomic E-state index is 13.0. The summed E-state index contributed by atoms with van der Waals surface area (Å²) >= 11 is 0. The van der Waals surface area contributed by atoms with Crippen molar-refractivity contribution in [3.63, 3.8) is 0 Å². The third kappa shape index (κ3) is 4.90. The Morgan fingerprint density at radius 1 is 1.15 bits per heavy atom. The van der Waals surface area contributed by atoms with E-state index in [2.05, 4.69) is 19.2 Å². The normalized spacial score (nSPS) is 17.9. The van der Waals surface area contributed by atoms with Crippen molar-refractivity contribution in [1.29, 1.82) is 0 Å². The molecule has 2 atom stereocenters. The standard InChI is InChI=1S/C18H28FN/c1-3-4-5-6-7-14(2)20-18(15-8-9-15)16-10-12-17(19)13-11-16/h10-15,18,20H,3-9H2,1-2H3. The number of rotatable bonds is 9. The molecule has 1 nitrogen and oxygen atoms in total. The summed E-state index contributed by atoms with van der Waals surface area (Å²) in [5.74, 6) is 0.606. The minimum absolute atomic E-state index is 0.143. The molecule has 0 aromatic heterocycles. The van der Waals surface area contributed by atoms with Crippen molar-refractivity contribution in [2.24, 2.45) is 5.92 Å². The van der Waals surface area contributed by atoms with Crippen molar-refractivity contribution >= 4 is 0 Å². The topological polar surface area (TPSA) is 12.0 Å². The molecule has 1 fully saturated rings. The van der Waals surface area contributed by atoms with Gasteiger partial charge in [-0.3, -0.25) is 0 Å². The average Bonchev–Trinajstić information content (AvgIpc) is 3.27. The highest BCUT2D eigenvalue weighted by molar-refractivity contribution is 5.22. The molecule has 1 aromatic rings. The third-order valence-corrected chi connectivity index (χ3v) is 4.28. The van der Waals surface area contributed by atoms with E-state index in [1.165, 1.54) is 50.5 Å². The fourth-order valence-electron chi connectivity index (χ4n) is 2.87. The zero-order valence-electron chi connectivity index (χ0n) is 12.9. The summed E-state index contributed by atoms with van der Waals surface area (Å²) in [4.78, 5) is 0. The van der Waals surface area contributed by atoms with Crippen molar-refractivity contribution in [3.05, 3.63) is 35.6 Å². The molecule has 0 radical (unpaired) electrons. The Kier molecular flexibility index (Phi) is 6.03. The predicted octanol–water partition coefficient (Wildman–Crippen LogP) is 5.23. The Morgan fingerprint density at radius 3 is 2.45 bits per heavy atom. The van der Waals surface area contributed by atoms with Crippen LogP contribution in [0.15, 0.2) is 24.3 Å². The first kappa shape index (κ1) is 15.5. The molecule has 0 aliphatic heterocycles. The lowest BCUT2D eigenvalue weighted by molar-refractivity contribution is 0.393. The lowest BCUT2D eigenvalue weighted by atomic mass is 10.00. The van der Waals surface area contributed by atoms with Crippen LogP contribution in [-0.2, 0) is 0 Å². The summed E-state index contributed by atoms with van der Waals surface area (Å²) in [5.41, 5.74) is 1.24. The van der Waals surface area contributed by atoms with Crippen LogP contribution >= 0.6 is 0 Å². The van der Waals surface area contributed by atoms with Gasteiger partial charge in [0, 0.05) is 12.1 Å². The molecular formula is C18H28FN. The molecule has 0 amide bonds. The van der Waals surface area contributed by atoms with Crippen molar-refractivity contribution in [2.75, 3.05) is 0 Å². The SMILES string of the molecule is CCCCCCC(C)NC(c1ccc(F)cc1)C1CC1. The monoisotopic (exact) mass is 277 g/mol. The van der Waals surface area contributed by atoms with Crippen LogP contribution < -0.4 is 5.32 Å². The molecule has 1 saturated carbocycles. The first-order valence-electron chi connectivity index (χ1n) is 8.22. The van der Waals surface area contributed by atoms with Gasteiger partial charge in [0.1, 0.15) is 5.82 Å². The summed E-state index contributed by atoms with van der Waals surface area (Å²) in [6.07, 6.45) is 9.13. The molecule has 0 heterocycles. The van der Waals surface area contributed by atoms with Crippen molar-refractivity contribution < 1.29 is 4.39 Å². The van der Waals surface area contributed by atoms with Gasteiger partial charge in [0.15, 0.2) is 0 Å². The van der Waals surface area contributed by atoms with Gasteiger partial charge in [0.25, 0.3) is 0 Å². The van der Waals surface area contributed by atoms with Gasteiger partial charge >= 0.3 is 0 Å². The molecule has 2 unspecified atom stereocenters. The summed E-state index contributed by atoms with van der Waals surface area (Å²) in [6, 6.07) is 8.00. The van der Waals surface area contributed by atoms with Crippen LogP contribution in [-0.4, -0.2) is 6.04 Å². The lowest BCUT2D eigenvalue weighted by Gasteiger charge is -2.24. The number of hydrogen-bond acceptors (Lipinski definition) is 1. The Labute approximate surface area is 123 Å². The first-order valence-corrected chi connectivity index (χ1v) is 8.22. The molecule has 2 heteroatoms. The second-order valence-corrected chi connectivity index (χ2v) is 6.28. The zero-order chi connectivity index (χ0) is 14.4. The van der Waals surface area contributed by atoms with Gasteiger partial charge in [-0.1, -0.05) is 44.7 Å². The van der Waals surface area contributed by atoms with Crippen molar-refractivity contribution in [1.82, 2.24) is 5.32 Å². The van der Waals surface area contributed by atoms with Gasteiger partial charge in [-0.2, -0.15) is 0 Å². The Morgan fingerprint density at radius 2 is 1.85 bits per heavy atom. The number of halogens is 1. The largest absolute Gasteiger partial charge is 0.307 e. The van der Waals surface area contributed by atoms with E-state index in [4.69, 9.17) is 0 Å². The Bertz CT molecular complexity index is 383. The van der Waals surface area contributed by atoms with Gasteiger partial charge in [0.2, 0.25) is 0 Å². The molecule has 2 rings (SSSR count). The number of unbranched alkanes of at least 4 members (excludes halogenated alkanes) is 3. The molecule has 112 valence electrons. The summed E-state index contributed by atoms with van der Waals surface area (Å²) < 4.78 is 13.0. The average molecular weight is 277 g/mol. The van der Waals surface area contributed by atoms with Crippen LogP contribution in [0.3, 0.4) is 0 Å². The van der Waals surface area contributed by atoms with E-state index in [0.717, 1.165) is 5.92 Å². The predicted molar refractivity (Wildman–Crippen MR) is 83.2 cm³/mol. The minimum Gasteiger partial charge on any atom is -0.307 e. The zero-order valence-corrected chi connectivity index (χ0v) is 12.9. The van der Waals surface area contributed by atoms with Gasteiger partial charge in [-0.05, 0) is 49.8 Å². The van der Waals surface area contributed by atoms with Crippen LogP contribution in [0.2, 0.25) is 0 Å². The minimum atomic E-state index is -0.143. The third-order valence-electron chi connectivity index (χ3n) is 4.28. The summed E-state index contributed by atoms with van der Waals surface area (Å²) in [6.45, 7) is 4.53. The van der Waals surface area contributed by atoms with Crippen LogP contribution in [0.1, 0.15) is 70.4 Å². The van der Waals surface area contributed by atoms with E-state index in [0.29, 0.717) is 12.1 Å². The number of nitrogens with one attached hydrogen (secondary N) is 1. The van der Waals surface area contributed by atoms with E-state index in [9.17, 15) is 4.39 Å². The fraction of sp³-hybridized carbons (Fsp3) is 0.667. The van der Waals surface area contributed by atoms with Crippen molar-refractivity contribution in [3.8, 4) is 0 Å². The molecule has 1 N–H and O–H groups in total. The van der Waals surface area contributed by atoms with Crippen LogP contribution in [0.5, 0.6) is 0 Å². The van der Waals surface area contributed by atoms with E-state index in [1.54, 1.807) is 12.1 Å². The van der Waals surface area contributed by atoms with E-state index < -0.39 is 0 Å². The summed E-state index contributed by atoms with van der Waals surface area (Å²) in [5, 5.41) is 3.77. The van der Waals surface area contributed by atoms with Crippen molar-refractivity contribution in [2.45, 2.75) is 70.9 Å². The highest BCUT2D eigenvalue weighted by Crippen LogP contribution is 2.41. The van der Waals surface area contributed by atoms with E-state index in [1.807, 2.05) is 12.1 Å². The maximum Gasteiger partial charge on any atom is 0.123 e. The number of hydrogen-bond donors (Lipinski definition) is 1. The quantitative estimate of drug-likeness (QED) is 0.610. The molecule has 0 spiro atoms. The molecule has 20 heavy (non-hydrogen) atoms. The second-order valence-electron chi connectivity index (χ2n) is 6.28. The van der Waals surface area contributed by atoms with Gasteiger partial charge < -0.3 is 5.32 Å². The fourth-order valence-corrected chi connectivity index (χ4v) is 2.87. The molecule has 1 aromatic carbocycles. The lowest BCUT2D eigenvalue weighted by Crippen LogP contribution is -2.31. The smallest absolute Gasteiger partial charge is 0.123 e. The van der Waals surface area contributed by atoms with E-state index >= 15 is 0 Å². The van der Waals surface area contributed by atoms with E-state index in [-0.39, 0.29) is 5.82 Å². The van der Waals surface area contributed by atoms with Gasteiger partial charge in [-0.15, -0.1) is 0 Å². The highest BCUT2D eigenvalue weighted by Gasteiger charge is 2.32. The molecule has 1 aliphatic rings. The van der Waals surface area contributed by atoms with Crippen LogP contribution in [0.4, 0.5) is 4.39 Å². The van der Waals surface area contributed by atoms with Gasteiger partial charge in [-0.25, -0.2) is 4.39 Å². The molecule has 0 saturated heterocycles. The maximum atomic E-state index is 13.0. The molecule has 0 bridgehead atoms. The second kappa shape index (κ2) is 7.78. The Balaban J connectivity index is 1.84. The Hall–Kier alpha value is -0.890. The first-order chi connectivity index (χ1) is 9.70. The molecule has 1 aliphatic carbocycles. The van der Waals surface area contributed by atoms with Gasteiger partial charge in [0.05, 0.1) is 0 Å². The van der Waals surface area contributed by atoms with Crippen LogP contribution in [0.25, 0.3) is 0 Å².